The summed E-state index contributed by atoms with van der Waals surface area (Å²) in [6.07, 6.45) is 1.10. The molecular formula is C18H21ClN3O4S+. The molecule has 0 spiro atoms. The first kappa shape index (κ1) is 20.9. The Kier molecular flexibility index (Phi) is 6.95. The van der Waals surface area contributed by atoms with Crippen molar-refractivity contribution in [2.75, 3.05) is 37.0 Å². The Bertz CT molecular complexity index is 947. The molecule has 7 nitrogen and oxygen atoms in total. The van der Waals surface area contributed by atoms with Crippen LogP contribution in [0.5, 0.6) is 0 Å². The van der Waals surface area contributed by atoms with Crippen LogP contribution in [0.1, 0.15) is 0 Å². The molecule has 0 aliphatic rings. The molecule has 0 saturated carbocycles. The third kappa shape index (κ3) is 6.67. The molecular weight excluding hydrogens is 390 g/mol. The van der Waals surface area contributed by atoms with Crippen molar-refractivity contribution in [1.82, 2.24) is 0 Å². The molecule has 0 aliphatic heterocycles. The highest BCUT2D eigenvalue weighted by molar-refractivity contribution is 7.90. The van der Waals surface area contributed by atoms with Gasteiger partial charge in [0.05, 0.1) is 22.7 Å². The van der Waals surface area contributed by atoms with Gasteiger partial charge < -0.3 is 15.5 Å². The Hall–Kier alpha value is -2.42. The van der Waals surface area contributed by atoms with Gasteiger partial charge in [-0.25, -0.2) is 8.42 Å². The SMILES string of the molecule is C[NH+](CC(=O)Nc1cccc(S(C)(=O)=O)c1)CC(=O)Nc1ccccc1Cl. The zero-order chi connectivity index (χ0) is 20.0. The largest absolute Gasteiger partial charge is 0.322 e. The molecule has 0 radical (unpaired) electrons. The highest BCUT2D eigenvalue weighted by atomic mass is 35.5. The van der Waals surface area contributed by atoms with Gasteiger partial charge in [0.1, 0.15) is 0 Å². The van der Waals surface area contributed by atoms with Gasteiger partial charge in [0.15, 0.2) is 22.9 Å². The molecule has 0 saturated heterocycles. The molecule has 2 aromatic rings. The second-order valence-electron chi connectivity index (χ2n) is 6.19. The summed E-state index contributed by atoms with van der Waals surface area (Å²) in [5, 5.41) is 5.78. The monoisotopic (exact) mass is 410 g/mol. The number of halogens is 1. The van der Waals surface area contributed by atoms with E-state index in [9.17, 15) is 18.0 Å². The molecule has 1 atom stereocenters. The maximum Gasteiger partial charge on any atom is 0.279 e. The minimum absolute atomic E-state index is 0.0407. The van der Waals surface area contributed by atoms with Crippen molar-refractivity contribution in [3.05, 3.63) is 53.6 Å². The van der Waals surface area contributed by atoms with E-state index in [1.807, 2.05) is 0 Å². The van der Waals surface area contributed by atoms with Gasteiger partial charge in [-0.1, -0.05) is 29.8 Å². The highest BCUT2D eigenvalue weighted by Gasteiger charge is 2.16. The summed E-state index contributed by atoms with van der Waals surface area (Å²) in [5.41, 5.74) is 0.898. The van der Waals surface area contributed by atoms with E-state index >= 15 is 0 Å². The molecule has 144 valence electrons. The minimum atomic E-state index is -3.35. The Morgan fingerprint density at radius 3 is 2.26 bits per heavy atom. The van der Waals surface area contributed by atoms with E-state index in [0.717, 1.165) is 6.26 Å². The topological polar surface area (TPSA) is 96.8 Å². The summed E-state index contributed by atoms with van der Waals surface area (Å²) < 4.78 is 23.1. The fourth-order valence-electron chi connectivity index (χ4n) is 2.38. The maximum atomic E-state index is 12.1. The first-order valence-corrected chi connectivity index (χ1v) is 10.4. The number of anilines is 2. The zero-order valence-electron chi connectivity index (χ0n) is 15.0. The minimum Gasteiger partial charge on any atom is -0.322 e. The van der Waals surface area contributed by atoms with Gasteiger partial charge in [0.2, 0.25) is 0 Å². The number of hydrogen-bond acceptors (Lipinski definition) is 4. The Morgan fingerprint density at radius 2 is 1.63 bits per heavy atom. The first-order chi connectivity index (χ1) is 12.6. The number of amides is 2. The number of hydrogen-bond donors (Lipinski definition) is 3. The van der Waals surface area contributed by atoms with Gasteiger partial charge in [-0.3, -0.25) is 9.59 Å². The van der Waals surface area contributed by atoms with E-state index in [1.165, 1.54) is 12.1 Å². The van der Waals surface area contributed by atoms with Crippen LogP contribution in [0.15, 0.2) is 53.4 Å². The molecule has 0 heterocycles. The van der Waals surface area contributed by atoms with E-state index in [0.29, 0.717) is 21.3 Å². The lowest BCUT2D eigenvalue weighted by Crippen LogP contribution is -3.11. The van der Waals surface area contributed by atoms with Crippen molar-refractivity contribution in [2.24, 2.45) is 0 Å². The van der Waals surface area contributed by atoms with E-state index in [-0.39, 0.29) is 29.8 Å². The second kappa shape index (κ2) is 8.98. The van der Waals surface area contributed by atoms with Crippen LogP contribution in [0.3, 0.4) is 0 Å². The van der Waals surface area contributed by atoms with Crippen molar-refractivity contribution in [2.45, 2.75) is 4.90 Å². The smallest absolute Gasteiger partial charge is 0.279 e. The molecule has 1 unspecified atom stereocenters. The number of nitrogens with one attached hydrogen (secondary N) is 3. The van der Waals surface area contributed by atoms with E-state index in [1.54, 1.807) is 43.4 Å². The average Bonchev–Trinajstić information content (AvgIpc) is 2.56. The maximum absolute atomic E-state index is 12.1. The quantitative estimate of drug-likeness (QED) is 0.630. The average molecular weight is 411 g/mol. The molecule has 2 aromatic carbocycles. The fourth-order valence-corrected chi connectivity index (χ4v) is 3.23. The van der Waals surface area contributed by atoms with Crippen molar-refractivity contribution in [1.29, 1.82) is 0 Å². The second-order valence-corrected chi connectivity index (χ2v) is 8.61. The van der Waals surface area contributed by atoms with Crippen LogP contribution >= 0.6 is 11.6 Å². The van der Waals surface area contributed by atoms with Crippen LogP contribution in [0.2, 0.25) is 5.02 Å². The molecule has 0 aromatic heterocycles. The normalized spacial score (nSPS) is 12.3. The van der Waals surface area contributed by atoms with Crippen LogP contribution in [-0.2, 0) is 19.4 Å². The lowest BCUT2D eigenvalue weighted by atomic mass is 10.3. The Balaban J connectivity index is 1.88. The summed E-state index contributed by atoms with van der Waals surface area (Å²) in [6, 6.07) is 12.9. The molecule has 0 fully saturated rings. The lowest BCUT2D eigenvalue weighted by Gasteiger charge is -2.14. The van der Waals surface area contributed by atoms with Crippen molar-refractivity contribution in [3.63, 3.8) is 0 Å². The van der Waals surface area contributed by atoms with E-state index in [4.69, 9.17) is 11.6 Å². The zero-order valence-corrected chi connectivity index (χ0v) is 16.5. The molecule has 9 heteroatoms. The summed E-state index contributed by atoms with van der Waals surface area (Å²) >= 11 is 6.00. The van der Waals surface area contributed by atoms with Gasteiger partial charge in [-0.05, 0) is 30.3 Å². The van der Waals surface area contributed by atoms with Crippen LogP contribution in [0, 0.1) is 0 Å². The van der Waals surface area contributed by atoms with Gasteiger partial charge in [-0.15, -0.1) is 0 Å². The molecule has 3 N–H and O–H groups in total. The molecule has 0 bridgehead atoms. The van der Waals surface area contributed by atoms with Crippen LogP contribution in [-0.4, -0.2) is 46.6 Å². The fraction of sp³-hybridized carbons (Fsp3) is 0.222. The van der Waals surface area contributed by atoms with E-state index in [2.05, 4.69) is 10.6 Å². The van der Waals surface area contributed by atoms with Crippen molar-refractivity contribution >= 4 is 44.6 Å². The van der Waals surface area contributed by atoms with Gasteiger partial charge in [0.25, 0.3) is 11.8 Å². The summed E-state index contributed by atoms with van der Waals surface area (Å²) in [7, 11) is -1.65. The number of para-hydroxylation sites is 1. The summed E-state index contributed by atoms with van der Waals surface area (Å²) in [6.45, 7) is 0.112. The predicted molar refractivity (Wildman–Crippen MR) is 105 cm³/mol. The third-order valence-corrected chi connectivity index (χ3v) is 5.06. The van der Waals surface area contributed by atoms with Crippen molar-refractivity contribution in [3.8, 4) is 0 Å². The number of benzene rings is 2. The number of quaternary nitrogens is 1. The van der Waals surface area contributed by atoms with Crippen molar-refractivity contribution < 1.29 is 22.9 Å². The van der Waals surface area contributed by atoms with Gasteiger partial charge in [0, 0.05) is 11.9 Å². The van der Waals surface area contributed by atoms with Crippen LogP contribution in [0.25, 0.3) is 0 Å². The summed E-state index contributed by atoms with van der Waals surface area (Å²) in [5.74, 6) is -0.601. The number of sulfone groups is 1. The van der Waals surface area contributed by atoms with Crippen LogP contribution < -0.4 is 15.5 Å². The third-order valence-electron chi connectivity index (χ3n) is 3.62. The standard InChI is InChI=1S/C18H20ClN3O4S/c1-22(12-18(24)21-16-9-4-3-8-15(16)19)11-17(23)20-13-6-5-7-14(10-13)27(2,25)26/h3-10H,11-12H2,1-2H3,(H,20,23)(H,21,24)/p+1. The van der Waals surface area contributed by atoms with E-state index < -0.39 is 9.84 Å². The highest BCUT2D eigenvalue weighted by Crippen LogP contribution is 2.20. The predicted octanol–water partition coefficient (Wildman–Crippen LogP) is 0.835. The molecule has 2 rings (SSSR count). The van der Waals surface area contributed by atoms with Gasteiger partial charge >= 0.3 is 0 Å². The number of rotatable bonds is 7. The molecule has 27 heavy (non-hydrogen) atoms. The number of likely N-dealkylation sites (N-methyl/N-ethyl adjacent to an activating group) is 1. The lowest BCUT2D eigenvalue weighted by molar-refractivity contribution is -0.862. The molecule has 2 amide bonds. The number of carbonyl (C=O) groups excluding carboxylic acids is 2. The summed E-state index contributed by atoms with van der Waals surface area (Å²) in [4.78, 5) is 25.0. The van der Waals surface area contributed by atoms with Crippen LogP contribution in [0.4, 0.5) is 11.4 Å². The van der Waals surface area contributed by atoms with Gasteiger partial charge in [-0.2, -0.15) is 0 Å². The number of carbonyl (C=O) groups is 2. The Labute approximate surface area is 163 Å². The first-order valence-electron chi connectivity index (χ1n) is 8.11. The molecule has 0 aliphatic carbocycles. The Morgan fingerprint density at radius 1 is 1.00 bits per heavy atom.